The predicted octanol–water partition coefficient (Wildman–Crippen LogP) is 9.11. The van der Waals surface area contributed by atoms with E-state index in [1.54, 1.807) is 0 Å². The molecule has 3 atom stereocenters. The van der Waals surface area contributed by atoms with E-state index in [0.717, 1.165) is 64.2 Å². The first-order valence-corrected chi connectivity index (χ1v) is 20.9. The Labute approximate surface area is 302 Å². The van der Waals surface area contributed by atoms with Crippen molar-refractivity contribution >= 4 is 25.7 Å². The fourth-order valence-corrected chi connectivity index (χ4v) is 5.94. The Morgan fingerprint density at radius 2 is 1.10 bits per heavy atom. The molecule has 0 aliphatic rings. The highest BCUT2D eigenvalue weighted by atomic mass is 31.2. The Morgan fingerprint density at radius 3 is 1.66 bits per heavy atom. The molecule has 12 heteroatoms. The first-order valence-electron chi connectivity index (χ1n) is 19.4. The highest BCUT2D eigenvalue weighted by Crippen LogP contribution is 2.43. The zero-order valence-corrected chi connectivity index (χ0v) is 32.1. The van der Waals surface area contributed by atoms with Crippen molar-refractivity contribution in [3.63, 3.8) is 0 Å². The van der Waals surface area contributed by atoms with E-state index in [2.05, 4.69) is 43.5 Å². The van der Waals surface area contributed by atoms with Crippen LogP contribution in [0.25, 0.3) is 0 Å². The van der Waals surface area contributed by atoms with Gasteiger partial charge in [-0.05, 0) is 44.9 Å². The molecule has 0 radical (unpaired) electrons. The van der Waals surface area contributed by atoms with Gasteiger partial charge in [0.15, 0.2) is 6.04 Å². The van der Waals surface area contributed by atoms with Crippen LogP contribution in [0.1, 0.15) is 168 Å². The molecule has 0 saturated heterocycles. The number of hydrogen-bond donors (Lipinski definition) is 4. The number of hydrogen-bond acceptors (Lipinski definition) is 8. The summed E-state index contributed by atoms with van der Waals surface area (Å²) in [6, 6.07) is -1.55. The number of aliphatic carboxylic acids is 1. The van der Waals surface area contributed by atoms with Crippen molar-refractivity contribution in [2.45, 2.75) is 180 Å². The third-order valence-corrected chi connectivity index (χ3v) is 9.19. The van der Waals surface area contributed by atoms with Crippen molar-refractivity contribution in [2.24, 2.45) is 0 Å². The maximum atomic E-state index is 12.2. The number of allylic oxidation sites excluding steroid dienone is 4. The van der Waals surface area contributed by atoms with Crippen molar-refractivity contribution in [2.75, 3.05) is 19.8 Å². The number of aliphatic hydroxyl groups is 1. The number of unbranched alkanes of at least 4 members (excludes halogenated alkanes) is 18. The van der Waals surface area contributed by atoms with Crippen molar-refractivity contribution in [3.05, 3.63) is 24.3 Å². The standard InChI is InChI=1S/C38H70NO10P/c1-3-5-7-9-11-13-15-16-17-18-20-21-23-25-27-29-36(41)39-35(38(43)44)33-49-50(45,46)48-32-34(40)31-47-37(42)30-28-26-24-22-19-14-12-10-8-6-4-2/h11,13,16-17,34-35,40H,3-10,12,14-15,18-33H2,1-2H3,(H,39,41)(H,43,44)(H,45,46)/b13-11-,17-16-. The molecule has 0 aromatic heterocycles. The van der Waals surface area contributed by atoms with Gasteiger partial charge in [0.25, 0.3) is 0 Å². The molecule has 11 nitrogen and oxygen atoms in total. The third-order valence-electron chi connectivity index (χ3n) is 8.24. The summed E-state index contributed by atoms with van der Waals surface area (Å²) in [6.07, 6.45) is 32.1. The second-order valence-corrected chi connectivity index (χ2v) is 14.6. The Bertz CT molecular complexity index is 958. The first-order chi connectivity index (χ1) is 24.1. The quantitative estimate of drug-likeness (QED) is 0.0211. The predicted molar refractivity (Wildman–Crippen MR) is 199 cm³/mol. The maximum Gasteiger partial charge on any atom is 0.472 e. The highest BCUT2D eigenvalue weighted by molar-refractivity contribution is 7.47. The number of nitrogens with one attached hydrogen (secondary N) is 1. The van der Waals surface area contributed by atoms with Crippen molar-refractivity contribution in [3.8, 4) is 0 Å². The summed E-state index contributed by atoms with van der Waals surface area (Å²) in [6.45, 7) is 2.53. The fraction of sp³-hybridized carbons (Fsp3) is 0.816. The van der Waals surface area contributed by atoms with Crippen LogP contribution >= 0.6 is 7.82 Å². The van der Waals surface area contributed by atoms with Crippen LogP contribution in [0, 0.1) is 0 Å². The van der Waals surface area contributed by atoms with Gasteiger partial charge < -0.3 is 25.2 Å². The molecule has 0 spiro atoms. The van der Waals surface area contributed by atoms with Gasteiger partial charge >= 0.3 is 19.8 Å². The number of esters is 1. The van der Waals surface area contributed by atoms with Gasteiger partial charge in [0.05, 0.1) is 13.2 Å². The Morgan fingerprint density at radius 1 is 0.640 bits per heavy atom. The summed E-state index contributed by atoms with van der Waals surface area (Å²) >= 11 is 0. The Hall–Kier alpha value is -2.04. The van der Waals surface area contributed by atoms with Gasteiger partial charge in [0.2, 0.25) is 5.91 Å². The molecule has 0 saturated carbocycles. The molecule has 3 unspecified atom stereocenters. The second kappa shape index (κ2) is 34.1. The number of aliphatic hydroxyl groups excluding tert-OH is 1. The van der Waals surface area contributed by atoms with E-state index in [4.69, 9.17) is 13.8 Å². The SMILES string of the molecule is CCCCC/C=C\C/C=C\CCCCCCCC(=O)NC(COP(=O)(O)OCC(O)COC(=O)CCCCCCCCCCCCC)C(=O)O. The lowest BCUT2D eigenvalue weighted by Gasteiger charge is -2.18. The topological polar surface area (TPSA) is 169 Å². The maximum absolute atomic E-state index is 12.2. The number of ether oxygens (including phenoxy) is 1. The number of carbonyl (C=O) groups excluding carboxylic acids is 2. The lowest BCUT2D eigenvalue weighted by Crippen LogP contribution is -2.43. The molecule has 50 heavy (non-hydrogen) atoms. The normalized spacial score (nSPS) is 14.2. The number of phosphoric ester groups is 1. The fourth-order valence-electron chi connectivity index (χ4n) is 5.17. The second-order valence-electron chi connectivity index (χ2n) is 13.1. The Kier molecular flexibility index (Phi) is 32.7. The summed E-state index contributed by atoms with van der Waals surface area (Å²) < 4.78 is 26.7. The number of carboxylic acid groups (broad SMARTS) is 1. The molecular weight excluding hydrogens is 661 g/mol. The van der Waals surface area contributed by atoms with Gasteiger partial charge in [-0.3, -0.25) is 18.6 Å². The van der Waals surface area contributed by atoms with Crippen LogP contribution < -0.4 is 5.32 Å². The van der Waals surface area contributed by atoms with E-state index in [0.29, 0.717) is 12.8 Å². The number of amides is 1. The first kappa shape index (κ1) is 48.0. The van der Waals surface area contributed by atoms with E-state index in [-0.39, 0.29) is 12.8 Å². The molecule has 0 aromatic carbocycles. The monoisotopic (exact) mass is 731 g/mol. The zero-order chi connectivity index (χ0) is 37.1. The van der Waals surface area contributed by atoms with Gasteiger partial charge in [-0.15, -0.1) is 0 Å². The molecule has 1 amide bonds. The summed E-state index contributed by atoms with van der Waals surface area (Å²) in [4.78, 5) is 45.7. The number of carboxylic acids is 1. The number of carbonyl (C=O) groups is 3. The number of rotatable bonds is 36. The molecule has 0 rings (SSSR count). The molecule has 4 N–H and O–H groups in total. The van der Waals surface area contributed by atoms with Crippen molar-refractivity contribution in [1.82, 2.24) is 5.32 Å². The summed E-state index contributed by atoms with van der Waals surface area (Å²) in [5.41, 5.74) is 0. The van der Waals surface area contributed by atoms with Crippen LogP contribution in [0.15, 0.2) is 24.3 Å². The molecule has 0 fully saturated rings. The van der Waals surface area contributed by atoms with Crippen LogP contribution in [0.4, 0.5) is 0 Å². The van der Waals surface area contributed by atoms with Crippen LogP contribution in [0.5, 0.6) is 0 Å². The Balaban J connectivity index is 3.99. The lowest BCUT2D eigenvalue weighted by atomic mass is 10.1. The summed E-state index contributed by atoms with van der Waals surface area (Å²) in [7, 11) is -4.75. The third kappa shape index (κ3) is 33.1. The summed E-state index contributed by atoms with van der Waals surface area (Å²) in [5, 5.41) is 21.7. The smallest absolute Gasteiger partial charge is 0.472 e. The highest BCUT2D eigenvalue weighted by Gasteiger charge is 2.28. The van der Waals surface area contributed by atoms with E-state index in [1.807, 2.05) is 0 Å². The van der Waals surface area contributed by atoms with E-state index < -0.39 is 57.6 Å². The minimum Gasteiger partial charge on any atom is -0.480 e. The molecule has 292 valence electrons. The molecule has 0 aliphatic heterocycles. The number of phosphoric acid groups is 1. The van der Waals surface area contributed by atoms with Crippen LogP contribution in [0.2, 0.25) is 0 Å². The molecule has 0 aliphatic carbocycles. The van der Waals surface area contributed by atoms with Crippen LogP contribution in [0.3, 0.4) is 0 Å². The van der Waals surface area contributed by atoms with E-state index >= 15 is 0 Å². The molecular formula is C38H70NO10P. The van der Waals surface area contributed by atoms with Gasteiger partial charge in [-0.25, -0.2) is 9.36 Å². The molecule has 0 heterocycles. The van der Waals surface area contributed by atoms with E-state index in [1.165, 1.54) is 64.2 Å². The minimum atomic E-state index is -4.75. The van der Waals surface area contributed by atoms with Gasteiger partial charge in [0.1, 0.15) is 12.7 Å². The molecule has 0 aromatic rings. The van der Waals surface area contributed by atoms with Crippen LogP contribution in [-0.2, 0) is 32.7 Å². The average molecular weight is 732 g/mol. The van der Waals surface area contributed by atoms with Crippen molar-refractivity contribution in [1.29, 1.82) is 0 Å². The van der Waals surface area contributed by atoms with Crippen molar-refractivity contribution < 1.29 is 47.8 Å². The zero-order valence-electron chi connectivity index (χ0n) is 31.2. The van der Waals surface area contributed by atoms with Crippen LogP contribution in [-0.4, -0.2) is 64.9 Å². The van der Waals surface area contributed by atoms with Gasteiger partial charge in [-0.2, -0.15) is 0 Å². The summed E-state index contributed by atoms with van der Waals surface area (Å²) in [5.74, 6) is -2.39. The molecule has 0 bridgehead atoms. The lowest BCUT2D eigenvalue weighted by molar-refractivity contribution is -0.147. The van der Waals surface area contributed by atoms with Gasteiger partial charge in [0, 0.05) is 12.8 Å². The van der Waals surface area contributed by atoms with Gasteiger partial charge in [-0.1, -0.05) is 134 Å². The van der Waals surface area contributed by atoms with E-state index in [9.17, 15) is 34.1 Å². The minimum absolute atomic E-state index is 0.131. The average Bonchev–Trinajstić information content (AvgIpc) is 3.08. The largest absolute Gasteiger partial charge is 0.480 e.